The molecule has 0 aromatic rings. The molecule has 1 fully saturated rings. The second kappa shape index (κ2) is 6.36. The van der Waals surface area contributed by atoms with E-state index in [0.29, 0.717) is 5.92 Å². The average Bonchev–Trinajstić information content (AvgIpc) is 2.71. The van der Waals surface area contributed by atoms with E-state index >= 15 is 0 Å². The van der Waals surface area contributed by atoms with Gasteiger partial charge in [0.25, 0.3) is 0 Å². The van der Waals surface area contributed by atoms with Crippen LogP contribution in [0.15, 0.2) is 0 Å². The minimum absolute atomic E-state index is 0.0542. The molecule has 4 atom stereocenters. The van der Waals surface area contributed by atoms with Gasteiger partial charge in [-0.15, -0.1) is 0 Å². The van der Waals surface area contributed by atoms with Gasteiger partial charge in [-0.05, 0) is 44.9 Å². The van der Waals surface area contributed by atoms with Crippen molar-refractivity contribution >= 4 is 28.6 Å². The first kappa shape index (κ1) is 15.2. The first-order valence-corrected chi connectivity index (χ1v) is 7.73. The van der Waals surface area contributed by atoms with Crippen molar-refractivity contribution in [1.82, 2.24) is 0 Å². The van der Waals surface area contributed by atoms with E-state index in [1.807, 2.05) is 20.8 Å². The zero-order valence-electron chi connectivity index (χ0n) is 10.9. The summed E-state index contributed by atoms with van der Waals surface area (Å²) in [5, 5.41) is 10.2. The monoisotopic (exact) mass is 354 g/mol. The summed E-state index contributed by atoms with van der Waals surface area (Å²) in [4.78, 5) is 11.7. The van der Waals surface area contributed by atoms with E-state index in [1.54, 1.807) is 0 Å². The van der Waals surface area contributed by atoms with Gasteiger partial charge in [0, 0.05) is 0 Å². The number of hydrogen-bond donors (Lipinski definition) is 1. The van der Waals surface area contributed by atoms with Crippen LogP contribution in [0.4, 0.5) is 0 Å². The Labute approximate surface area is 117 Å². The van der Waals surface area contributed by atoms with Gasteiger partial charge >= 0.3 is 5.97 Å². The van der Waals surface area contributed by atoms with Crippen molar-refractivity contribution in [2.24, 2.45) is 5.92 Å². The van der Waals surface area contributed by atoms with Crippen molar-refractivity contribution in [1.29, 1.82) is 0 Å². The molecule has 4 unspecified atom stereocenters. The molecule has 4 heteroatoms. The van der Waals surface area contributed by atoms with Crippen molar-refractivity contribution in [3.63, 3.8) is 0 Å². The molecule has 0 bridgehead atoms. The second-order valence-electron chi connectivity index (χ2n) is 5.10. The molecule has 0 aromatic carbocycles. The van der Waals surface area contributed by atoms with Crippen LogP contribution in [0.3, 0.4) is 0 Å². The maximum absolute atomic E-state index is 11.7. The van der Waals surface area contributed by atoms with Gasteiger partial charge in [0.2, 0.25) is 0 Å². The largest absolute Gasteiger partial charge is 0.462 e. The number of carbonyl (C=O) groups is 1. The van der Waals surface area contributed by atoms with Crippen LogP contribution >= 0.6 is 22.6 Å². The molecule has 1 rings (SSSR count). The number of aliphatic hydroxyl groups is 1. The molecule has 0 aromatic heterocycles. The summed E-state index contributed by atoms with van der Waals surface area (Å²) in [5.74, 6) is 0.192. The van der Waals surface area contributed by atoms with Crippen LogP contribution in [-0.2, 0) is 9.53 Å². The lowest BCUT2D eigenvalue weighted by Crippen LogP contribution is -2.29. The smallest absolute Gasteiger partial charge is 0.319 e. The lowest BCUT2D eigenvalue weighted by Gasteiger charge is -2.24. The van der Waals surface area contributed by atoms with Gasteiger partial charge in [-0.3, -0.25) is 4.79 Å². The Hall–Kier alpha value is 0.160. The lowest BCUT2D eigenvalue weighted by atomic mass is 9.95. The maximum atomic E-state index is 11.7. The van der Waals surface area contributed by atoms with E-state index in [-0.39, 0.29) is 16.0 Å². The van der Waals surface area contributed by atoms with E-state index in [0.717, 1.165) is 32.1 Å². The predicted octanol–water partition coefficient (Wildman–Crippen LogP) is 3.07. The number of ether oxygens (including phenoxy) is 1. The van der Waals surface area contributed by atoms with Crippen LogP contribution in [-0.4, -0.2) is 26.7 Å². The molecule has 0 amide bonds. The van der Waals surface area contributed by atoms with E-state index < -0.39 is 5.60 Å². The number of halogens is 1. The third-order valence-electron chi connectivity index (χ3n) is 3.86. The van der Waals surface area contributed by atoms with Crippen LogP contribution in [0.25, 0.3) is 0 Å². The molecule has 0 heterocycles. The molecule has 0 radical (unpaired) electrons. The number of carbonyl (C=O) groups excluding carboxylic acids is 1. The summed E-state index contributed by atoms with van der Waals surface area (Å²) >= 11 is 2.12. The molecule has 0 aliphatic heterocycles. The van der Waals surface area contributed by atoms with Crippen molar-refractivity contribution in [2.45, 2.75) is 68.5 Å². The van der Waals surface area contributed by atoms with Crippen molar-refractivity contribution < 1.29 is 14.6 Å². The Balaban J connectivity index is 2.44. The van der Waals surface area contributed by atoms with Gasteiger partial charge in [0.05, 0.1) is 5.60 Å². The van der Waals surface area contributed by atoms with Gasteiger partial charge in [-0.25, -0.2) is 0 Å². The number of esters is 1. The summed E-state index contributed by atoms with van der Waals surface area (Å²) in [6, 6.07) is 0. The highest BCUT2D eigenvalue weighted by Crippen LogP contribution is 2.39. The predicted molar refractivity (Wildman–Crippen MR) is 76.2 cm³/mol. The first-order valence-electron chi connectivity index (χ1n) is 6.48. The summed E-state index contributed by atoms with van der Waals surface area (Å²) in [6.07, 6.45) is 4.06. The van der Waals surface area contributed by atoms with Gasteiger partial charge in [-0.2, -0.15) is 0 Å². The second-order valence-corrected chi connectivity index (χ2v) is 6.60. The Morgan fingerprint density at radius 1 is 1.59 bits per heavy atom. The molecule has 17 heavy (non-hydrogen) atoms. The molecule has 3 nitrogen and oxygen atoms in total. The number of rotatable bonds is 5. The van der Waals surface area contributed by atoms with Gasteiger partial charge in [0.15, 0.2) is 0 Å². The fourth-order valence-corrected chi connectivity index (χ4v) is 2.53. The minimum Gasteiger partial charge on any atom is -0.462 e. The molecule has 100 valence electrons. The van der Waals surface area contributed by atoms with Crippen LogP contribution in [0.5, 0.6) is 0 Å². The van der Waals surface area contributed by atoms with E-state index in [2.05, 4.69) is 22.6 Å². The van der Waals surface area contributed by atoms with Crippen molar-refractivity contribution in [2.75, 3.05) is 0 Å². The van der Waals surface area contributed by atoms with E-state index in [1.165, 1.54) is 0 Å². The zero-order valence-corrected chi connectivity index (χ0v) is 13.1. The summed E-state index contributed by atoms with van der Waals surface area (Å²) in [7, 11) is 0. The first-order chi connectivity index (χ1) is 7.91. The van der Waals surface area contributed by atoms with Gasteiger partial charge in [0.1, 0.15) is 10.0 Å². The average molecular weight is 354 g/mol. The maximum Gasteiger partial charge on any atom is 0.319 e. The molecular formula is C13H23IO3. The minimum atomic E-state index is -0.528. The van der Waals surface area contributed by atoms with Crippen LogP contribution in [0, 0.1) is 5.92 Å². The van der Waals surface area contributed by atoms with Gasteiger partial charge in [-0.1, -0.05) is 36.4 Å². The molecule has 1 aliphatic carbocycles. The summed E-state index contributed by atoms with van der Waals surface area (Å²) in [6.45, 7) is 5.94. The lowest BCUT2D eigenvalue weighted by molar-refractivity contribution is -0.150. The standard InChI is InChI=1S/C13H23IO3/c1-4-11(14)12(15)17-9(3)10-6-7-13(16,5-2)8-10/h9-11,16H,4-8H2,1-3H3. The Morgan fingerprint density at radius 2 is 2.24 bits per heavy atom. The third kappa shape index (κ3) is 4.09. The Kier molecular flexibility index (Phi) is 5.70. The van der Waals surface area contributed by atoms with E-state index in [4.69, 9.17) is 4.74 Å². The SMILES string of the molecule is CCC(I)C(=O)OC(C)C1CCC(O)(CC)C1. The van der Waals surface area contributed by atoms with Crippen LogP contribution in [0.1, 0.15) is 52.9 Å². The highest BCUT2D eigenvalue weighted by atomic mass is 127. The number of alkyl halides is 1. The van der Waals surface area contributed by atoms with E-state index in [9.17, 15) is 9.90 Å². The topological polar surface area (TPSA) is 46.5 Å². The zero-order chi connectivity index (χ0) is 13.1. The van der Waals surface area contributed by atoms with Crippen LogP contribution < -0.4 is 0 Å². The molecule has 1 saturated carbocycles. The quantitative estimate of drug-likeness (QED) is 0.469. The fraction of sp³-hybridized carbons (Fsp3) is 0.923. The summed E-state index contributed by atoms with van der Waals surface area (Å²) in [5.41, 5.74) is -0.528. The normalized spacial score (nSPS) is 32.2. The van der Waals surface area contributed by atoms with Gasteiger partial charge < -0.3 is 9.84 Å². The fourth-order valence-electron chi connectivity index (χ4n) is 2.39. The molecule has 1 N–H and O–H groups in total. The van der Waals surface area contributed by atoms with Crippen molar-refractivity contribution in [3.05, 3.63) is 0 Å². The Bertz CT molecular complexity index is 269. The van der Waals surface area contributed by atoms with Crippen LogP contribution in [0.2, 0.25) is 0 Å². The molecule has 1 aliphatic rings. The molecular weight excluding hydrogens is 331 g/mol. The number of hydrogen-bond acceptors (Lipinski definition) is 3. The molecule has 0 spiro atoms. The summed E-state index contributed by atoms with van der Waals surface area (Å²) < 4.78 is 5.41. The highest BCUT2D eigenvalue weighted by Gasteiger charge is 2.39. The van der Waals surface area contributed by atoms with Crippen molar-refractivity contribution in [3.8, 4) is 0 Å². The molecule has 0 saturated heterocycles. The highest BCUT2D eigenvalue weighted by molar-refractivity contribution is 14.1. The Morgan fingerprint density at radius 3 is 2.71 bits per heavy atom. The third-order valence-corrected chi connectivity index (χ3v) is 5.25.